The number of hydrogen-bond donors (Lipinski definition) is 4. The second-order valence-electron chi connectivity index (χ2n) is 9.46. The highest BCUT2D eigenvalue weighted by atomic mass is 79.9. The van der Waals surface area contributed by atoms with E-state index in [1.165, 1.54) is 18.2 Å². The number of hydrogen-bond acceptors (Lipinski definition) is 6. The number of aliphatic hydroxyl groups excluding tert-OH is 3. The van der Waals surface area contributed by atoms with E-state index in [1.54, 1.807) is 13.8 Å². The monoisotopic (exact) mass is 472 g/mol. The Balaban J connectivity index is 1.88. The van der Waals surface area contributed by atoms with Gasteiger partial charge >= 0.3 is 0 Å². The molecule has 0 bridgehead atoms. The number of fused-ring (bicyclic) bond motifs is 5. The fourth-order valence-corrected chi connectivity index (χ4v) is 7.89. The zero-order valence-electron chi connectivity index (χ0n) is 16.3. The largest absolute Gasteiger partial charge is 0.390 e. The smallest absolute Gasteiger partial charge is 0.192 e. The third-order valence-corrected chi connectivity index (χ3v) is 9.30. The van der Waals surface area contributed by atoms with Gasteiger partial charge in [0.05, 0.1) is 12.2 Å². The molecule has 4 rings (SSSR count). The summed E-state index contributed by atoms with van der Waals surface area (Å²) < 4.78 is 17.0. The highest BCUT2D eigenvalue weighted by molar-refractivity contribution is 9.09. The molecule has 6 nitrogen and oxygen atoms in total. The minimum atomic E-state index is -2.27. The molecule has 4 N–H and O–H groups in total. The third-order valence-electron chi connectivity index (χ3n) is 8.40. The zero-order valence-corrected chi connectivity index (χ0v) is 17.9. The first-order valence-electron chi connectivity index (χ1n) is 9.87. The third kappa shape index (κ3) is 2.30. The lowest BCUT2D eigenvalue weighted by Crippen LogP contribution is -2.71. The molecule has 0 heterocycles. The molecule has 0 aromatic rings. The number of Topliss-reactive ketones (excluding diaryl/α,β-unsaturated/α-hetero) is 1. The number of ketones is 2. The van der Waals surface area contributed by atoms with Gasteiger partial charge in [0.2, 0.25) is 0 Å². The Morgan fingerprint density at radius 3 is 2.59 bits per heavy atom. The van der Waals surface area contributed by atoms with Crippen molar-refractivity contribution in [2.24, 2.45) is 22.7 Å². The Kier molecular flexibility index (Phi) is 4.62. The van der Waals surface area contributed by atoms with Crippen LogP contribution in [0.3, 0.4) is 0 Å². The van der Waals surface area contributed by atoms with Crippen LogP contribution in [0.1, 0.15) is 33.1 Å². The van der Waals surface area contributed by atoms with Crippen LogP contribution in [0.4, 0.5) is 4.39 Å². The summed E-state index contributed by atoms with van der Waals surface area (Å²) in [5.41, 5.74) is -6.38. The van der Waals surface area contributed by atoms with E-state index in [1.807, 2.05) is 0 Å². The number of carbonyl (C=O) groups is 2. The molecule has 0 saturated heterocycles. The molecule has 160 valence electrons. The molecule has 0 aromatic heterocycles. The maximum absolute atomic E-state index is 17.0. The van der Waals surface area contributed by atoms with Crippen LogP contribution in [0, 0.1) is 22.7 Å². The molecule has 29 heavy (non-hydrogen) atoms. The molecular formula is C21H26BrFO6. The van der Waals surface area contributed by atoms with Crippen molar-refractivity contribution >= 4 is 27.5 Å². The quantitative estimate of drug-likeness (QED) is 0.445. The SMILES string of the molecule is C[C@]12C=CC(=O)C=C1CC(Br)[C@H]1[C@@H]3CC(O)[C@](O)(C(=O)CO)[C@@]3(C)CC(O)[C@@]12F. The van der Waals surface area contributed by atoms with Gasteiger partial charge in [-0.15, -0.1) is 0 Å². The number of alkyl halides is 2. The van der Waals surface area contributed by atoms with Gasteiger partial charge in [0.1, 0.15) is 6.61 Å². The summed E-state index contributed by atoms with van der Waals surface area (Å²) in [6, 6.07) is 0. The Labute approximate surface area is 176 Å². The van der Waals surface area contributed by atoms with Gasteiger partial charge < -0.3 is 20.4 Å². The summed E-state index contributed by atoms with van der Waals surface area (Å²) in [5, 5.41) is 42.4. The predicted octanol–water partition coefficient (Wildman–Crippen LogP) is 0.994. The molecule has 4 aliphatic rings. The van der Waals surface area contributed by atoms with Crippen molar-refractivity contribution in [1.82, 2.24) is 0 Å². The maximum Gasteiger partial charge on any atom is 0.192 e. The fourth-order valence-electron chi connectivity index (χ4n) is 6.79. The molecule has 0 amide bonds. The lowest BCUT2D eigenvalue weighted by Gasteiger charge is -2.63. The second kappa shape index (κ2) is 6.29. The standard InChI is InChI=1S/C21H26BrFO6/c1-18-4-3-11(25)5-10(18)6-13(22)17-12-7-14(26)21(29,16(28)9-24)19(12,2)8-15(27)20(17,18)23/h3-5,12-15,17,24,26-27,29H,6-9H2,1-2H3/t12-,13?,14?,15?,17+,18-,19-,20+,21-/m0/s1. The van der Waals surface area contributed by atoms with Gasteiger partial charge in [-0.1, -0.05) is 34.5 Å². The Morgan fingerprint density at radius 1 is 1.31 bits per heavy atom. The van der Waals surface area contributed by atoms with E-state index < -0.39 is 63.4 Å². The summed E-state index contributed by atoms with van der Waals surface area (Å²) in [6.45, 7) is 2.29. The molecule has 9 atom stereocenters. The van der Waals surface area contributed by atoms with Gasteiger partial charge in [-0.3, -0.25) is 9.59 Å². The van der Waals surface area contributed by atoms with Gasteiger partial charge in [-0.25, -0.2) is 4.39 Å². The first kappa shape index (κ1) is 21.3. The molecular weight excluding hydrogens is 447 g/mol. The molecule has 0 aliphatic heterocycles. The number of rotatable bonds is 2. The molecule has 3 saturated carbocycles. The number of carbonyl (C=O) groups excluding carboxylic acids is 2. The molecule has 0 spiro atoms. The van der Waals surface area contributed by atoms with E-state index in [2.05, 4.69) is 15.9 Å². The average molecular weight is 473 g/mol. The molecule has 4 aliphatic carbocycles. The molecule has 3 unspecified atom stereocenters. The van der Waals surface area contributed by atoms with Crippen LogP contribution in [-0.2, 0) is 9.59 Å². The first-order chi connectivity index (χ1) is 13.4. The summed E-state index contributed by atoms with van der Waals surface area (Å²) in [6.07, 6.45) is 1.30. The predicted molar refractivity (Wildman–Crippen MR) is 105 cm³/mol. The fraction of sp³-hybridized carbons (Fsp3) is 0.714. The summed E-state index contributed by atoms with van der Waals surface area (Å²) in [5.74, 6) is -2.61. The minimum absolute atomic E-state index is 0.0261. The van der Waals surface area contributed by atoms with Crippen molar-refractivity contribution in [3.05, 3.63) is 23.8 Å². The first-order valence-corrected chi connectivity index (χ1v) is 10.8. The van der Waals surface area contributed by atoms with Crippen molar-refractivity contribution < 1.29 is 34.4 Å². The normalized spacial score (nSPS) is 53.7. The maximum atomic E-state index is 17.0. The lowest BCUT2D eigenvalue weighted by atomic mass is 9.44. The summed E-state index contributed by atoms with van der Waals surface area (Å²) >= 11 is 3.55. The van der Waals surface area contributed by atoms with Gasteiger partial charge in [-0.05, 0) is 44.3 Å². The Bertz CT molecular complexity index is 843. The van der Waals surface area contributed by atoms with Crippen LogP contribution in [0.5, 0.6) is 0 Å². The van der Waals surface area contributed by atoms with Gasteiger partial charge in [0.15, 0.2) is 22.8 Å². The van der Waals surface area contributed by atoms with Crippen molar-refractivity contribution in [3.8, 4) is 0 Å². The highest BCUT2D eigenvalue weighted by Gasteiger charge is 2.77. The van der Waals surface area contributed by atoms with Crippen LogP contribution in [0.25, 0.3) is 0 Å². The number of allylic oxidation sites excluding steroid dienone is 4. The van der Waals surface area contributed by atoms with E-state index in [0.717, 1.165) is 0 Å². The van der Waals surface area contributed by atoms with Crippen LogP contribution in [-0.4, -0.2) is 66.9 Å². The molecule has 8 heteroatoms. The van der Waals surface area contributed by atoms with E-state index in [-0.39, 0.29) is 18.6 Å². The van der Waals surface area contributed by atoms with Gasteiger partial charge in [-0.2, -0.15) is 0 Å². The van der Waals surface area contributed by atoms with E-state index in [9.17, 15) is 30.0 Å². The molecule has 0 aromatic carbocycles. The van der Waals surface area contributed by atoms with Crippen LogP contribution >= 0.6 is 15.9 Å². The lowest BCUT2D eigenvalue weighted by molar-refractivity contribution is -0.220. The van der Waals surface area contributed by atoms with Crippen molar-refractivity contribution in [3.63, 3.8) is 0 Å². The average Bonchev–Trinajstić information content (AvgIpc) is 2.85. The zero-order chi connectivity index (χ0) is 21.6. The minimum Gasteiger partial charge on any atom is -0.390 e. The van der Waals surface area contributed by atoms with E-state index >= 15 is 4.39 Å². The summed E-state index contributed by atoms with van der Waals surface area (Å²) in [7, 11) is 0. The Morgan fingerprint density at radius 2 is 1.97 bits per heavy atom. The van der Waals surface area contributed by atoms with Gasteiger partial charge in [0.25, 0.3) is 0 Å². The highest BCUT2D eigenvalue weighted by Crippen LogP contribution is 2.70. The van der Waals surface area contributed by atoms with E-state index in [0.29, 0.717) is 12.0 Å². The van der Waals surface area contributed by atoms with Crippen molar-refractivity contribution in [1.29, 1.82) is 0 Å². The topological polar surface area (TPSA) is 115 Å². The summed E-state index contributed by atoms with van der Waals surface area (Å²) in [4.78, 5) is 23.9. The molecule has 3 fully saturated rings. The van der Waals surface area contributed by atoms with Crippen LogP contribution in [0.15, 0.2) is 23.8 Å². The van der Waals surface area contributed by atoms with Crippen molar-refractivity contribution in [2.45, 2.75) is 61.4 Å². The number of halogens is 2. The second-order valence-corrected chi connectivity index (χ2v) is 10.6. The molecule has 0 radical (unpaired) electrons. The van der Waals surface area contributed by atoms with Gasteiger partial charge in [0, 0.05) is 21.6 Å². The van der Waals surface area contributed by atoms with E-state index in [4.69, 9.17) is 0 Å². The Hall–Kier alpha value is -0.930. The number of aliphatic hydroxyl groups is 4. The van der Waals surface area contributed by atoms with Crippen LogP contribution < -0.4 is 0 Å². The van der Waals surface area contributed by atoms with Crippen molar-refractivity contribution in [2.75, 3.05) is 6.61 Å². The van der Waals surface area contributed by atoms with Crippen LogP contribution in [0.2, 0.25) is 0 Å².